The molecule has 2 fully saturated rings. The zero-order chi connectivity index (χ0) is 14.0. The van der Waals surface area contributed by atoms with E-state index in [-0.39, 0.29) is 6.10 Å². The number of hydrogen-bond donors (Lipinski definition) is 2. The van der Waals surface area contributed by atoms with Crippen molar-refractivity contribution in [1.29, 1.82) is 0 Å². The van der Waals surface area contributed by atoms with Gasteiger partial charge in [0.2, 0.25) is 0 Å². The van der Waals surface area contributed by atoms with Crippen LogP contribution in [0.1, 0.15) is 25.7 Å². The number of hydrogen-bond acceptors (Lipinski definition) is 5. The number of ether oxygens (including phenoxy) is 3. The molecular weight excluding hydrogens is 265 g/mol. The summed E-state index contributed by atoms with van der Waals surface area (Å²) >= 11 is 0. The van der Waals surface area contributed by atoms with Crippen molar-refractivity contribution in [3.8, 4) is 5.75 Å². The van der Waals surface area contributed by atoms with E-state index in [1.807, 2.05) is 5.48 Å². The molecule has 0 amide bonds. The van der Waals surface area contributed by atoms with E-state index >= 15 is 0 Å². The number of nitrogens with one attached hydrogen (secondary N) is 1. The van der Waals surface area contributed by atoms with E-state index in [1.54, 1.807) is 0 Å². The van der Waals surface area contributed by atoms with E-state index in [2.05, 4.69) is 0 Å². The Morgan fingerprint density at radius 3 is 2.60 bits per heavy atom. The molecule has 110 valence electrons. The van der Waals surface area contributed by atoms with E-state index in [4.69, 9.17) is 19.4 Å². The van der Waals surface area contributed by atoms with Gasteiger partial charge in [0.05, 0.1) is 19.3 Å². The number of halogens is 1. The van der Waals surface area contributed by atoms with Gasteiger partial charge in [-0.25, -0.2) is 4.39 Å². The predicted molar refractivity (Wildman–Crippen MR) is 69.3 cm³/mol. The van der Waals surface area contributed by atoms with E-state index in [1.165, 1.54) is 18.2 Å². The van der Waals surface area contributed by atoms with Crippen molar-refractivity contribution in [2.75, 3.05) is 18.7 Å². The molecule has 5 nitrogen and oxygen atoms in total. The van der Waals surface area contributed by atoms with E-state index < -0.39 is 11.6 Å². The average molecular weight is 283 g/mol. The number of rotatable bonds is 3. The molecule has 20 heavy (non-hydrogen) atoms. The predicted octanol–water partition coefficient (Wildman–Crippen LogP) is 2.69. The third-order valence-electron chi connectivity index (χ3n) is 3.87. The molecule has 1 saturated carbocycles. The molecule has 1 aliphatic carbocycles. The monoisotopic (exact) mass is 283 g/mol. The van der Waals surface area contributed by atoms with Gasteiger partial charge in [0.15, 0.2) is 5.79 Å². The standard InChI is InChI=1S/C14H18FNO4/c15-10-1-2-12(16-17)13(9-10)20-11-3-5-14(6-4-11)18-7-8-19-14/h1-2,9,11,16-17H,3-8H2. The number of benzene rings is 1. The lowest BCUT2D eigenvalue weighted by Crippen LogP contribution is -2.38. The van der Waals surface area contributed by atoms with Crippen molar-refractivity contribution < 1.29 is 23.8 Å². The third kappa shape index (κ3) is 2.72. The SMILES string of the molecule is ONc1ccc(F)cc1OC1CCC2(CC1)OCCO2. The highest BCUT2D eigenvalue weighted by molar-refractivity contribution is 5.54. The summed E-state index contributed by atoms with van der Waals surface area (Å²) in [4.78, 5) is 0. The van der Waals surface area contributed by atoms with Crippen LogP contribution in [0.25, 0.3) is 0 Å². The van der Waals surface area contributed by atoms with E-state index in [0.717, 1.165) is 25.7 Å². The number of anilines is 1. The van der Waals surface area contributed by atoms with Gasteiger partial charge in [0, 0.05) is 18.9 Å². The summed E-state index contributed by atoms with van der Waals surface area (Å²) in [6.45, 7) is 1.29. The van der Waals surface area contributed by atoms with Gasteiger partial charge in [-0.3, -0.25) is 10.7 Å². The van der Waals surface area contributed by atoms with Gasteiger partial charge < -0.3 is 14.2 Å². The van der Waals surface area contributed by atoms with Crippen molar-refractivity contribution in [2.45, 2.75) is 37.6 Å². The molecule has 0 radical (unpaired) electrons. The highest BCUT2D eigenvalue weighted by Crippen LogP contribution is 2.38. The Morgan fingerprint density at radius 1 is 1.25 bits per heavy atom. The van der Waals surface area contributed by atoms with Crippen LogP contribution in [0.15, 0.2) is 18.2 Å². The van der Waals surface area contributed by atoms with Gasteiger partial charge in [0.1, 0.15) is 17.3 Å². The lowest BCUT2D eigenvalue weighted by Gasteiger charge is -2.35. The molecule has 3 rings (SSSR count). The zero-order valence-electron chi connectivity index (χ0n) is 11.1. The summed E-state index contributed by atoms with van der Waals surface area (Å²) in [5, 5.41) is 9.01. The molecular formula is C14H18FNO4. The summed E-state index contributed by atoms with van der Waals surface area (Å²) in [5.74, 6) is -0.504. The molecule has 1 aromatic rings. The van der Waals surface area contributed by atoms with Crippen LogP contribution >= 0.6 is 0 Å². The second kappa shape index (κ2) is 5.55. The first kappa shape index (κ1) is 13.6. The Balaban J connectivity index is 1.63. The largest absolute Gasteiger partial charge is 0.488 e. The maximum absolute atomic E-state index is 13.2. The summed E-state index contributed by atoms with van der Waals surface area (Å²) in [6.07, 6.45) is 3.08. The van der Waals surface area contributed by atoms with Crippen LogP contribution in [0.5, 0.6) is 5.75 Å². The van der Waals surface area contributed by atoms with Crippen molar-refractivity contribution >= 4 is 5.69 Å². The van der Waals surface area contributed by atoms with Crippen LogP contribution in [0, 0.1) is 5.82 Å². The molecule has 1 saturated heterocycles. The molecule has 1 spiro atoms. The molecule has 2 N–H and O–H groups in total. The van der Waals surface area contributed by atoms with Crippen LogP contribution < -0.4 is 10.2 Å². The Morgan fingerprint density at radius 2 is 1.95 bits per heavy atom. The minimum Gasteiger partial charge on any atom is -0.488 e. The minimum absolute atomic E-state index is 0.0256. The lowest BCUT2D eigenvalue weighted by atomic mass is 9.92. The van der Waals surface area contributed by atoms with Crippen LogP contribution in [0.4, 0.5) is 10.1 Å². The Labute approximate surface area is 116 Å². The molecule has 6 heteroatoms. The van der Waals surface area contributed by atoms with Crippen molar-refractivity contribution in [3.63, 3.8) is 0 Å². The van der Waals surface area contributed by atoms with Gasteiger partial charge in [-0.1, -0.05) is 0 Å². The molecule has 2 aliphatic rings. The van der Waals surface area contributed by atoms with E-state index in [0.29, 0.717) is 24.7 Å². The lowest BCUT2D eigenvalue weighted by molar-refractivity contribution is -0.186. The smallest absolute Gasteiger partial charge is 0.168 e. The maximum atomic E-state index is 13.2. The molecule has 1 heterocycles. The summed E-state index contributed by atoms with van der Waals surface area (Å²) in [6, 6.07) is 3.98. The third-order valence-corrected chi connectivity index (χ3v) is 3.87. The molecule has 1 aromatic carbocycles. The van der Waals surface area contributed by atoms with Crippen molar-refractivity contribution in [3.05, 3.63) is 24.0 Å². The van der Waals surface area contributed by atoms with Gasteiger partial charge in [-0.15, -0.1) is 0 Å². The van der Waals surface area contributed by atoms with Gasteiger partial charge >= 0.3 is 0 Å². The van der Waals surface area contributed by atoms with Crippen molar-refractivity contribution in [2.24, 2.45) is 0 Å². The molecule has 0 unspecified atom stereocenters. The Hall–Kier alpha value is -1.37. The fourth-order valence-electron chi connectivity index (χ4n) is 2.80. The van der Waals surface area contributed by atoms with Crippen molar-refractivity contribution in [1.82, 2.24) is 0 Å². The molecule has 0 atom stereocenters. The first-order valence-corrected chi connectivity index (χ1v) is 6.85. The summed E-state index contributed by atoms with van der Waals surface area (Å²) in [5.41, 5.74) is 2.38. The fourth-order valence-corrected chi connectivity index (χ4v) is 2.80. The second-order valence-electron chi connectivity index (χ2n) is 5.18. The topological polar surface area (TPSA) is 60.0 Å². The maximum Gasteiger partial charge on any atom is 0.168 e. The Bertz CT molecular complexity index is 466. The quantitative estimate of drug-likeness (QED) is 0.835. The van der Waals surface area contributed by atoms with Crippen LogP contribution in [-0.2, 0) is 9.47 Å². The molecule has 1 aliphatic heterocycles. The van der Waals surface area contributed by atoms with Gasteiger partial charge in [0.25, 0.3) is 0 Å². The highest BCUT2D eigenvalue weighted by Gasteiger charge is 2.40. The van der Waals surface area contributed by atoms with E-state index in [9.17, 15) is 4.39 Å². The summed E-state index contributed by atoms with van der Waals surface area (Å²) < 4.78 is 30.3. The van der Waals surface area contributed by atoms with Crippen LogP contribution in [0.2, 0.25) is 0 Å². The molecule has 0 aromatic heterocycles. The minimum atomic E-state index is -0.431. The summed E-state index contributed by atoms with van der Waals surface area (Å²) in [7, 11) is 0. The van der Waals surface area contributed by atoms with Gasteiger partial charge in [-0.2, -0.15) is 0 Å². The molecule has 0 bridgehead atoms. The highest BCUT2D eigenvalue weighted by atomic mass is 19.1. The second-order valence-corrected chi connectivity index (χ2v) is 5.18. The fraction of sp³-hybridized carbons (Fsp3) is 0.571. The van der Waals surface area contributed by atoms with Gasteiger partial charge in [-0.05, 0) is 25.0 Å². The first-order valence-electron chi connectivity index (χ1n) is 6.85. The average Bonchev–Trinajstić information content (AvgIpc) is 2.90. The van der Waals surface area contributed by atoms with Crippen LogP contribution in [-0.4, -0.2) is 30.3 Å². The normalized spacial score (nSPS) is 22.1. The zero-order valence-corrected chi connectivity index (χ0v) is 11.1. The Kier molecular flexibility index (Phi) is 3.78. The van der Waals surface area contributed by atoms with Crippen LogP contribution in [0.3, 0.4) is 0 Å². The first-order chi connectivity index (χ1) is 9.71.